The van der Waals surface area contributed by atoms with E-state index in [9.17, 15) is 9.90 Å². The maximum Gasteiger partial charge on any atom is 0.254 e. The molecule has 0 aliphatic rings. The average molecular weight is 339 g/mol. The van der Waals surface area contributed by atoms with E-state index in [0.29, 0.717) is 13.0 Å². The van der Waals surface area contributed by atoms with Gasteiger partial charge in [0.05, 0.1) is 13.4 Å². The lowest BCUT2D eigenvalue weighted by Crippen LogP contribution is -2.22. The van der Waals surface area contributed by atoms with Crippen molar-refractivity contribution in [2.45, 2.75) is 25.8 Å². The Morgan fingerprint density at radius 3 is 2.68 bits per heavy atom. The summed E-state index contributed by atoms with van der Waals surface area (Å²) >= 11 is 0. The third-order valence-corrected chi connectivity index (χ3v) is 4.36. The monoisotopic (exact) mass is 339 g/mol. The van der Waals surface area contributed by atoms with E-state index < -0.39 is 0 Å². The molecule has 0 bridgehead atoms. The number of benzene rings is 1. The second kappa shape index (κ2) is 7.30. The van der Waals surface area contributed by atoms with Crippen LogP contribution in [0.5, 0.6) is 11.5 Å². The minimum absolute atomic E-state index is 0.00827. The number of rotatable bonds is 6. The molecule has 1 atom stereocenters. The molecule has 0 aliphatic heterocycles. The summed E-state index contributed by atoms with van der Waals surface area (Å²) in [5.41, 5.74) is 1.53. The van der Waals surface area contributed by atoms with Gasteiger partial charge in [-0.15, -0.1) is 0 Å². The smallest absolute Gasteiger partial charge is 0.254 e. The molecule has 0 saturated carbocycles. The molecule has 0 radical (unpaired) electrons. The Labute approximate surface area is 146 Å². The van der Waals surface area contributed by atoms with Crippen LogP contribution >= 0.6 is 0 Å². The number of aromatic hydroxyl groups is 1. The highest BCUT2D eigenvalue weighted by Crippen LogP contribution is 2.34. The van der Waals surface area contributed by atoms with Gasteiger partial charge < -0.3 is 18.8 Å². The van der Waals surface area contributed by atoms with E-state index in [1.54, 1.807) is 24.0 Å². The summed E-state index contributed by atoms with van der Waals surface area (Å²) in [5, 5.41) is 9.55. The Kier molecular flexibility index (Phi) is 4.93. The Bertz CT molecular complexity index is 896. The van der Waals surface area contributed by atoms with Crippen molar-refractivity contribution in [3.05, 3.63) is 82.2 Å². The van der Waals surface area contributed by atoms with Crippen molar-refractivity contribution in [3.8, 4) is 11.5 Å². The lowest BCUT2D eigenvalue weighted by Gasteiger charge is -2.19. The Morgan fingerprint density at radius 1 is 1.20 bits per heavy atom. The van der Waals surface area contributed by atoms with Crippen LogP contribution in [0.3, 0.4) is 0 Å². The molecule has 1 N–H and O–H groups in total. The second-order valence-corrected chi connectivity index (χ2v) is 5.94. The summed E-state index contributed by atoms with van der Waals surface area (Å²) < 4.78 is 12.8. The molecule has 0 saturated heterocycles. The maximum absolute atomic E-state index is 12.2. The van der Waals surface area contributed by atoms with Crippen molar-refractivity contribution in [1.29, 1.82) is 0 Å². The quantitative estimate of drug-likeness (QED) is 0.744. The van der Waals surface area contributed by atoms with Gasteiger partial charge in [0.1, 0.15) is 17.3 Å². The predicted octanol–water partition coefficient (Wildman–Crippen LogP) is 3.69. The number of ether oxygens (including phenoxy) is 1. The van der Waals surface area contributed by atoms with Crippen LogP contribution in [0.4, 0.5) is 0 Å². The van der Waals surface area contributed by atoms with E-state index in [4.69, 9.17) is 9.15 Å². The fraction of sp³-hybridized carbons (Fsp3) is 0.250. The van der Waals surface area contributed by atoms with Gasteiger partial charge in [-0.25, -0.2) is 0 Å². The number of methoxy groups -OCH3 is 1. The Balaban J connectivity index is 1.94. The minimum atomic E-state index is -0.212. The molecule has 25 heavy (non-hydrogen) atoms. The zero-order valence-corrected chi connectivity index (χ0v) is 14.3. The standard InChI is InChI=1S/C20H21NO4/c1-14-12-15(22)13-20(23)21(14)10-9-17(19-8-5-11-25-19)16-6-3-4-7-18(16)24-2/h3-8,11-13,17,22H,9-10H2,1-2H3. The summed E-state index contributed by atoms with van der Waals surface area (Å²) in [6.45, 7) is 2.32. The zero-order chi connectivity index (χ0) is 17.8. The number of furan rings is 1. The summed E-state index contributed by atoms with van der Waals surface area (Å²) in [6, 6.07) is 14.4. The number of aromatic nitrogens is 1. The Hall–Kier alpha value is -2.95. The van der Waals surface area contributed by atoms with E-state index in [1.165, 1.54) is 6.07 Å². The fourth-order valence-electron chi connectivity index (χ4n) is 3.15. The largest absolute Gasteiger partial charge is 0.508 e. The molecule has 1 unspecified atom stereocenters. The van der Waals surface area contributed by atoms with Gasteiger partial charge in [-0.2, -0.15) is 0 Å². The lowest BCUT2D eigenvalue weighted by atomic mass is 9.92. The normalized spacial score (nSPS) is 12.1. The number of nitrogens with zero attached hydrogens (tertiary/aromatic N) is 1. The van der Waals surface area contributed by atoms with Crippen molar-refractivity contribution in [1.82, 2.24) is 4.57 Å². The van der Waals surface area contributed by atoms with Crippen molar-refractivity contribution in [2.24, 2.45) is 0 Å². The highest BCUT2D eigenvalue weighted by molar-refractivity contribution is 5.39. The first-order valence-electron chi connectivity index (χ1n) is 8.17. The van der Waals surface area contributed by atoms with Crippen LogP contribution in [0.1, 0.15) is 29.4 Å². The van der Waals surface area contributed by atoms with Gasteiger partial charge in [0.25, 0.3) is 5.56 Å². The molecule has 130 valence electrons. The average Bonchev–Trinajstić information content (AvgIpc) is 3.11. The van der Waals surface area contributed by atoms with Crippen molar-refractivity contribution in [3.63, 3.8) is 0 Å². The molecule has 3 rings (SSSR count). The van der Waals surface area contributed by atoms with E-state index in [2.05, 4.69) is 0 Å². The topological polar surface area (TPSA) is 64.6 Å². The van der Waals surface area contributed by atoms with Crippen molar-refractivity contribution >= 4 is 0 Å². The van der Waals surface area contributed by atoms with Gasteiger partial charge >= 0.3 is 0 Å². The van der Waals surface area contributed by atoms with Gasteiger partial charge in [0.15, 0.2) is 0 Å². The third-order valence-electron chi connectivity index (χ3n) is 4.36. The zero-order valence-electron chi connectivity index (χ0n) is 14.3. The molecular formula is C20H21NO4. The van der Waals surface area contributed by atoms with Crippen LogP contribution in [0.2, 0.25) is 0 Å². The van der Waals surface area contributed by atoms with Crippen molar-refractivity contribution in [2.75, 3.05) is 7.11 Å². The number of pyridine rings is 1. The fourth-order valence-corrected chi connectivity index (χ4v) is 3.15. The molecule has 5 heteroatoms. The van der Waals surface area contributed by atoms with Crippen LogP contribution in [0.25, 0.3) is 0 Å². The molecular weight excluding hydrogens is 318 g/mol. The first kappa shape index (κ1) is 16.9. The third kappa shape index (κ3) is 3.60. The number of hydrogen-bond acceptors (Lipinski definition) is 4. The molecule has 5 nitrogen and oxygen atoms in total. The minimum Gasteiger partial charge on any atom is -0.508 e. The highest BCUT2D eigenvalue weighted by atomic mass is 16.5. The predicted molar refractivity (Wildman–Crippen MR) is 95.3 cm³/mol. The number of para-hydroxylation sites is 1. The lowest BCUT2D eigenvalue weighted by molar-refractivity contribution is 0.396. The molecule has 3 aromatic rings. The van der Waals surface area contributed by atoms with E-state index in [1.807, 2.05) is 43.3 Å². The summed E-state index contributed by atoms with van der Waals surface area (Å²) in [7, 11) is 1.65. The first-order chi connectivity index (χ1) is 12.1. The second-order valence-electron chi connectivity index (χ2n) is 5.94. The first-order valence-corrected chi connectivity index (χ1v) is 8.17. The van der Waals surface area contributed by atoms with Crippen LogP contribution < -0.4 is 10.3 Å². The Morgan fingerprint density at radius 2 is 2.00 bits per heavy atom. The molecule has 0 aliphatic carbocycles. The summed E-state index contributed by atoms with van der Waals surface area (Å²) in [5.74, 6) is 1.57. The van der Waals surface area contributed by atoms with Gasteiger partial charge in [-0.3, -0.25) is 4.79 Å². The molecule has 2 heterocycles. The van der Waals surface area contributed by atoms with Gasteiger partial charge in [-0.1, -0.05) is 18.2 Å². The summed E-state index contributed by atoms with van der Waals surface area (Å²) in [4.78, 5) is 12.2. The van der Waals surface area contributed by atoms with Gasteiger partial charge in [0, 0.05) is 29.8 Å². The van der Waals surface area contributed by atoms with E-state index >= 15 is 0 Å². The molecule has 0 amide bonds. The van der Waals surface area contributed by atoms with Crippen LogP contribution in [0.15, 0.2) is 64.0 Å². The number of aryl methyl sites for hydroxylation is 1. The maximum atomic E-state index is 12.2. The molecule has 0 spiro atoms. The van der Waals surface area contributed by atoms with Gasteiger partial charge in [0.2, 0.25) is 0 Å². The van der Waals surface area contributed by atoms with Crippen LogP contribution in [-0.2, 0) is 6.54 Å². The molecule has 2 aromatic heterocycles. The SMILES string of the molecule is COc1ccccc1C(CCn1c(C)cc(O)cc1=O)c1ccco1. The van der Waals surface area contributed by atoms with Crippen molar-refractivity contribution < 1.29 is 14.3 Å². The van der Waals surface area contributed by atoms with Crippen LogP contribution in [0, 0.1) is 6.92 Å². The van der Waals surface area contributed by atoms with E-state index in [-0.39, 0.29) is 17.2 Å². The van der Waals surface area contributed by atoms with Crippen LogP contribution in [-0.4, -0.2) is 16.8 Å². The molecule has 0 fully saturated rings. The number of hydrogen-bond donors (Lipinski definition) is 1. The molecule has 1 aromatic carbocycles. The van der Waals surface area contributed by atoms with Gasteiger partial charge in [-0.05, 0) is 37.6 Å². The summed E-state index contributed by atoms with van der Waals surface area (Å²) in [6.07, 6.45) is 2.31. The highest BCUT2D eigenvalue weighted by Gasteiger charge is 2.21. The van der Waals surface area contributed by atoms with E-state index in [0.717, 1.165) is 22.8 Å².